The van der Waals surface area contributed by atoms with Gasteiger partial charge in [-0.2, -0.15) is 5.26 Å². The number of fused-ring (bicyclic) bond motifs is 1. The second kappa shape index (κ2) is 14.8. The monoisotopic (exact) mass is 714 g/mol. The summed E-state index contributed by atoms with van der Waals surface area (Å²) in [5.74, 6) is 1.24. The predicted octanol–water partition coefficient (Wildman–Crippen LogP) is 9.20. The molecular weight excluding hydrogens is 687 g/mol. The van der Waals surface area contributed by atoms with Crippen LogP contribution in [0, 0.1) is 14.9 Å². The molecule has 0 saturated carbocycles. The molecule has 44 heavy (non-hydrogen) atoms. The molecule has 0 aliphatic rings. The van der Waals surface area contributed by atoms with Crippen LogP contribution in [0.4, 0.5) is 5.69 Å². The highest BCUT2D eigenvalue weighted by atomic mass is 127. The molecule has 0 aliphatic carbocycles. The summed E-state index contributed by atoms with van der Waals surface area (Å²) >= 11 is 8.38. The van der Waals surface area contributed by atoms with E-state index in [1.165, 1.54) is 6.08 Å². The molecule has 0 unspecified atom stereocenters. The first-order chi connectivity index (χ1) is 21.4. The van der Waals surface area contributed by atoms with Gasteiger partial charge in [-0.1, -0.05) is 72.3 Å². The van der Waals surface area contributed by atoms with Gasteiger partial charge in [-0.15, -0.1) is 0 Å². The van der Waals surface area contributed by atoms with E-state index in [1.807, 2.05) is 67.6 Å². The fourth-order valence-corrected chi connectivity index (χ4v) is 5.54. The number of hydrogen-bond donors (Lipinski definition) is 1. The molecule has 5 aromatic carbocycles. The van der Waals surface area contributed by atoms with Crippen LogP contribution in [0.2, 0.25) is 5.02 Å². The minimum atomic E-state index is -0.526. The Bertz CT molecular complexity index is 1860. The lowest BCUT2D eigenvalue weighted by molar-refractivity contribution is -0.112. The van der Waals surface area contributed by atoms with Crippen molar-refractivity contribution in [2.45, 2.75) is 20.1 Å². The zero-order valence-corrected chi connectivity index (χ0v) is 26.8. The van der Waals surface area contributed by atoms with Gasteiger partial charge in [-0.3, -0.25) is 4.79 Å². The average Bonchev–Trinajstić information content (AvgIpc) is 3.03. The molecule has 220 valence electrons. The van der Waals surface area contributed by atoms with E-state index < -0.39 is 5.91 Å². The molecule has 0 aliphatic heterocycles. The summed E-state index contributed by atoms with van der Waals surface area (Å²) in [6, 6.07) is 34.4. The highest BCUT2D eigenvalue weighted by Crippen LogP contribution is 2.36. The van der Waals surface area contributed by atoms with Crippen molar-refractivity contribution < 1.29 is 19.0 Å². The maximum atomic E-state index is 13.0. The van der Waals surface area contributed by atoms with Gasteiger partial charge < -0.3 is 19.5 Å². The molecule has 8 heteroatoms. The van der Waals surface area contributed by atoms with E-state index >= 15 is 0 Å². The molecule has 0 radical (unpaired) electrons. The van der Waals surface area contributed by atoms with E-state index in [1.54, 1.807) is 30.3 Å². The Balaban J connectivity index is 1.28. The van der Waals surface area contributed by atoms with Gasteiger partial charge in [-0.25, -0.2) is 0 Å². The highest BCUT2D eigenvalue weighted by Gasteiger charge is 2.15. The number of carbonyl (C=O) groups excluding carboxylic acids is 1. The molecule has 6 nitrogen and oxygen atoms in total. The van der Waals surface area contributed by atoms with Crippen LogP contribution in [0.15, 0.2) is 109 Å². The van der Waals surface area contributed by atoms with Gasteiger partial charge in [0.15, 0.2) is 11.5 Å². The summed E-state index contributed by atoms with van der Waals surface area (Å²) in [6.07, 6.45) is 1.54. The summed E-state index contributed by atoms with van der Waals surface area (Å²) in [4.78, 5) is 13.0. The zero-order valence-electron chi connectivity index (χ0n) is 23.8. The number of ether oxygens (including phenoxy) is 3. The average molecular weight is 715 g/mol. The Morgan fingerprint density at radius 1 is 0.886 bits per heavy atom. The molecule has 0 fully saturated rings. The number of benzene rings is 5. The number of nitrogens with one attached hydrogen (secondary N) is 1. The summed E-state index contributed by atoms with van der Waals surface area (Å²) in [5.41, 5.74) is 3.07. The van der Waals surface area contributed by atoms with Crippen molar-refractivity contribution in [2.24, 2.45) is 0 Å². The lowest BCUT2D eigenvalue weighted by atomic mass is 10.1. The van der Waals surface area contributed by atoms with Crippen LogP contribution in [0.5, 0.6) is 17.2 Å². The minimum Gasteiger partial charge on any atom is -0.490 e. The van der Waals surface area contributed by atoms with Gasteiger partial charge >= 0.3 is 0 Å². The van der Waals surface area contributed by atoms with E-state index in [-0.39, 0.29) is 5.57 Å². The van der Waals surface area contributed by atoms with Crippen molar-refractivity contribution in [3.63, 3.8) is 0 Å². The number of carbonyl (C=O) groups is 1. The largest absolute Gasteiger partial charge is 0.490 e. The molecule has 5 rings (SSSR count). The Morgan fingerprint density at radius 3 is 2.36 bits per heavy atom. The second-order valence-electron chi connectivity index (χ2n) is 9.72. The maximum absolute atomic E-state index is 13.0. The van der Waals surface area contributed by atoms with Crippen molar-refractivity contribution in [2.75, 3.05) is 11.9 Å². The number of rotatable bonds is 11. The molecule has 1 amide bonds. The topological polar surface area (TPSA) is 80.6 Å². The zero-order chi connectivity index (χ0) is 30.9. The lowest BCUT2D eigenvalue weighted by Crippen LogP contribution is -2.13. The van der Waals surface area contributed by atoms with Crippen molar-refractivity contribution in [1.82, 2.24) is 0 Å². The van der Waals surface area contributed by atoms with E-state index in [9.17, 15) is 10.1 Å². The first kappa shape index (κ1) is 30.9. The Hall–Kier alpha value is -4.52. The second-order valence-corrected chi connectivity index (χ2v) is 11.3. The van der Waals surface area contributed by atoms with Gasteiger partial charge in [-0.05, 0) is 100.0 Å². The van der Waals surface area contributed by atoms with E-state index in [2.05, 4.69) is 46.1 Å². The van der Waals surface area contributed by atoms with Crippen LogP contribution in [0.25, 0.3) is 16.8 Å². The normalized spacial score (nSPS) is 11.1. The molecule has 5 aromatic rings. The number of nitriles is 1. The van der Waals surface area contributed by atoms with Crippen LogP contribution in [-0.2, 0) is 18.0 Å². The molecule has 0 aromatic heterocycles. The van der Waals surface area contributed by atoms with Crippen molar-refractivity contribution in [3.8, 4) is 23.3 Å². The standard InChI is InChI=1S/C36H28ClIN2O4/c1-2-42-34-20-24(19-33(38)35(34)44-22-26-11-7-10-25-8-3-5-12-31(25)26)18-28(21-39)36(41)40-29-14-16-30(17-15-29)43-23-27-9-4-6-13-32(27)37/h3-20H,2,22-23H2,1H3,(H,40,41)/b28-18+. The summed E-state index contributed by atoms with van der Waals surface area (Å²) in [5, 5.41) is 15.5. The van der Waals surface area contributed by atoms with Crippen molar-refractivity contribution in [3.05, 3.63) is 134 Å². The van der Waals surface area contributed by atoms with Gasteiger partial charge in [0.1, 0.15) is 30.6 Å². The Labute approximate surface area is 275 Å². The Morgan fingerprint density at radius 2 is 1.59 bits per heavy atom. The van der Waals surface area contributed by atoms with Gasteiger partial charge in [0.2, 0.25) is 0 Å². The molecule has 1 N–H and O–H groups in total. The van der Waals surface area contributed by atoms with Crippen LogP contribution in [-0.4, -0.2) is 12.5 Å². The van der Waals surface area contributed by atoms with Crippen LogP contribution < -0.4 is 19.5 Å². The molecule has 0 saturated heterocycles. The quantitative estimate of drug-likeness (QED) is 0.0839. The molecule has 0 heterocycles. The van der Waals surface area contributed by atoms with Gasteiger partial charge in [0.05, 0.1) is 10.2 Å². The third kappa shape index (κ3) is 7.70. The van der Waals surface area contributed by atoms with E-state index in [4.69, 9.17) is 25.8 Å². The molecule has 0 atom stereocenters. The number of hydrogen-bond acceptors (Lipinski definition) is 5. The minimum absolute atomic E-state index is 0.0493. The Kier molecular flexibility index (Phi) is 10.4. The number of halogens is 2. The molecule has 0 bridgehead atoms. The fourth-order valence-electron chi connectivity index (χ4n) is 4.57. The number of amides is 1. The SMILES string of the molecule is CCOc1cc(/C=C(\C#N)C(=O)Nc2ccc(OCc3ccccc3Cl)cc2)cc(I)c1OCc1cccc2ccccc12. The number of nitrogens with zero attached hydrogens (tertiary/aromatic N) is 1. The lowest BCUT2D eigenvalue weighted by Gasteiger charge is -2.16. The van der Waals surface area contributed by atoms with Crippen molar-refractivity contribution in [1.29, 1.82) is 5.26 Å². The molecule has 0 spiro atoms. The number of anilines is 1. The van der Waals surface area contributed by atoms with Crippen LogP contribution in [0.1, 0.15) is 23.6 Å². The molecular formula is C36H28ClIN2O4. The van der Waals surface area contributed by atoms with Crippen molar-refractivity contribution >= 4 is 62.6 Å². The third-order valence-corrected chi connectivity index (χ3v) is 7.89. The first-order valence-electron chi connectivity index (χ1n) is 13.9. The maximum Gasteiger partial charge on any atom is 0.266 e. The van der Waals surface area contributed by atoms with E-state index in [0.29, 0.717) is 53.3 Å². The summed E-state index contributed by atoms with van der Waals surface area (Å²) < 4.78 is 18.8. The summed E-state index contributed by atoms with van der Waals surface area (Å²) in [7, 11) is 0. The fraction of sp³-hybridized carbons (Fsp3) is 0.111. The van der Waals surface area contributed by atoms with Crippen LogP contribution >= 0.6 is 34.2 Å². The first-order valence-corrected chi connectivity index (χ1v) is 15.4. The van der Waals surface area contributed by atoms with Gasteiger partial charge in [0.25, 0.3) is 5.91 Å². The third-order valence-electron chi connectivity index (χ3n) is 6.72. The van der Waals surface area contributed by atoms with Crippen LogP contribution in [0.3, 0.4) is 0 Å². The highest BCUT2D eigenvalue weighted by molar-refractivity contribution is 14.1. The van der Waals surface area contributed by atoms with E-state index in [0.717, 1.165) is 25.5 Å². The van der Waals surface area contributed by atoms with Gasteiger partial charge in [0, 0.05) is 16.3 Å². The summed E-state index contributed by atoms with van der Waals surface area (Å²) in [6.45, 7) is 3.01. The predicted molar refractivity (Wildman–Crippen MR) is 183 cm³/mol. The smallest absolute Gasteiger partial charge is 0.266 e.